The van der Waals surface area contributed by atoms with Crippen LogP contribution < -0.4 is 16.0 Å². The summed E-state index contributed by atoms with van der Waals surface area (Å²) in [6.07, 6.45) is 1.93. The van der Waals surface area contributed by atoms with Gasteiger partial charge in [-0.25, -0.2) is 9.78 Å². The van der Waals surface area contributed by atoms with E-state index in [4.69, 9.17) is 0 Å². The third kappa shape index (κ3) is 5.19. The van der Waals surface area contributed by atoms with Crippen LogP contribution in [0, 0.1) is 12.8 Å². The fraction of sp³-hybridized carbons (Fsp3) is 0.421. The van der Waals surface area contributed by atoms with E-state index in [9.17, 15) is 9.59 Å². The monoisotopic (exact) mass is 387 g/mol. The average Bonchev–Trinajstić information content (AvgIpc) is 3.11. The van der Waals surface area contributed by atoms with Crippen molar-refractivity contribution in [2.24, 2.45) is 5.92 Å². The molecule has 7 nitrogen and oxygen atoms in total. The van der Waals surface area contributed by atoms with E-state index >= 15 is 0 Å². The second-order valence-corrected chi connectivity index (χ2v) is 7.55. The van der Waals surface area contributed by atoms with Gasteiger partial charge in [-0.2, -0.15) is 0 Å². The molecular weight excluding hydrogens is 362 g/mol. The van der Waals surface area contributed by atoms with Crippen LogP contribution in [0.2, 0.25) is 0 Å². The Morgan fingerprint density at radius 1 is 1.22 bits per heavy atom. The van der Waals surface area contributed by atoms with E-state index in [2.05, 4.69) is 20.9 Å². The standard InChI is InChI=1S/C19H25N5O2S/c1-13-12-27-18(22-13)23-19(26)24-9-7-14(8-10-24)11-21-16-5-3-15(4-6-16)17(25)20-2/h3-6,12,14,21H,7-11H2,1-2H3,(H,20,25)(H,22,23,26). The molecule has 0 saturated carbocycles. The number of carbonyl (C=O) groups is 2. The van der Waals surface area contributed by atoms with E-state index in [0.29, 0.717) is 16.6 Å². The zero-order valence-corrected chi connectivity index (χ0v) is 16.4. The van der Waals surface area contributed by atoms with Crippen molar-refractivity contribution < 1.29 is 9.59 Å². The number of benzene rings is 1. The summed E-state index contributed by atoms with van der Waals surface area (Å²) >= 11 is 1.45. The second-order valence-electron chi connectivity index (χ2n) is 6.69. The van der Waals surface area contributed by atoms with Crippen molar-refractivity contribution in [2.75, 3.05) is 37.3 Å². The maximum absolute atomic E-state index is 12.3. The zero-order chi connectivity index (χ0) is 19.2. The first-order chi connectivity index (χ1) is 13.0. The number of likely N-dealkylation sites (tertiary alicyclic amines) is 1. The number of hydrogen-bond acceptors (Lipinski definition) is 5. The molecule has 2 heterocycles. The largest absolute Gasteiger partial charge is 0.385 e. The van der Waals surface area contributed by atoms with E-state index in [1.165, 1.54) is 11.3 Å². The van der Waals surface area contributed by atoms with Crippen molar-refractivity contribution in [3.8, 4) is 0 Å². The minimum Gasteiger partial charge on any atom is -0.385 e. The lowest BCUT2D eigenvalue weighted by Crippen LogP contribution is -2.42. The molecule has 1 aliphatic rings. The van der Waals surface area contributed by atoms with Crippen molar-refractivity contribution in [3.63, 3.8) is 0 Å². The molecule has 1 saturated heterocycles. The van der Waals surface area contributed by atoms with Gasteiger partial charge in [0.15, 0.2) is 5.13 Å². The van der Waals surface area contributed by atoms with Gasteiger partial charge in [0.1, 0.15) is 0 Å². The van der Waals surface area contributed by atoms with Crippen LogP contribution in [0.4, 0.5) is 15.6 Å². The van der Waals surface area contributed by atoms with E-state index in [1.54, 1.807) is 7.05 Å². The first kappa shape index (κ1) is 19.2. The number of rotatable bonds is 5. The Morgan fingerprint density at radius 3 is 2.52 bits per heavy atom. The van der Waals surface area contributed by atoms with Gasteiger partial charge in [0, 0.05) is 43.3 Å². The van der Waals surface area contributed by atoms with Crippen LogP contribution in [-0.2, 0) is 0 Å². The van der Waals surface area contributed by atoms with Crippen LogP contribution in [0.5, 0.6) is 0 Å². The van der Waals surface area contributed by atoms with Crippen LogP contribution in [0.3, 0.4) is 0 Å². The number of nitrogens with one attached hydrogen (secondary N) is 3. The molecule has 1 aromatic carbocycles. The van der Waals surface area contributed by atoms with Crippen LogP contribution in [-0.4, -0.2) is 48.5 Å². The van der Waals surface area contributed by atoms with Gasteiger partial charge in [-0.05, 0) is 49.9 Å². The summed E-state index contributed by atoms with van der Waals surface area (Å²) in [5.74, 6) is 0.440. The number of anilines is 2. The quantitative estimate of drug-likeness (QED) is 0.735. The molecule has 0 unspecified atom stereocenters. The molecule has 1 aliphatic heterocycles. The van der Waals surface area contributed by atoms with Crippen LogP contribution in [0.15, 0.2) is 29.6 Å². The SMILES string of the molecule is CNC(=O)c1ccc(NCC2CCN(C(=O)Nc3nc(C)cs3)CC2)cc1. The highest BCUT2D eigenvalue weighted by atomic mass is 32.1. The van der Waals surface area contributed by atoms with Gasteiger partial charge in [0.25, 0.3) is 5.91 Å². The maximum atomic E-state index is 12.3. The molecule has 1 fully saturated rings. The predicted octanol–water partition coefficient (Wildman–Crippen LogP) is 3.17. The summed E-state index contributed by atoms with van der Waals surface area (Å²) < 4.78 is 0. The Labute approximate surface area is 163 Å². The van der Waals surface area contributed by atoms with Gasteiger partial charge in [0.05, 0.1) is 5.69 Å². The Bertz CT molecular complexity index is 782. The van der Waals surface area contributed by atoms with Crippen LogP contribution in [0.1, 0.15) is 28.9 Å². The van der Waals surface area contributed by atoms with Gasteiger partial charge in [-0.15, -0.1) is 11.3 Å². The number of nitrogens with zero attached hydrogens (tertiary/aromatic N) is 2. The third-order valence-electron chi connectivity index (χ3n) is 4.70. The molecule has 0 radical (unpaired) electrons. The predicted molar refractivity (Wildman–Crippen MR) is 108 cm³/mol. The third-order valence-corrected chi connectivity index (χ3v) is 5.58. The zero-order valence-electron chi connectivity index (χ0n) is 15.6. The summed E-state index contributed by atoms with van der Waals surface area (Å²) in [5, 5.41) is 11.5. The number of thiazole rings is 1. The van der Waals surface area contributed by atoms with E-state index in [-0.39, 0.29) is 11.9 Å². The van der Waals surface area contributed by atoms with Gasteiger partial charge in [-0.1, -0.05) is 0 Å². The molecule has 3 amide bonds. The molecule has 0 spiro atoms. The summed E-state index contributed by atoms with van der Waals surface area (Å²) in [6.45, 7) is 4.27. The van der Waals surface area contributed by atoms with E-state index in [0.717, 1.165) is 43.9 Å². The van der Waals surface area contributed by atoms with Crippen LogP contribution >= 0.6 is 11.3 Å². The molecule has 1 aromatic heterocycles. The lowest BCUT2D eigenvalue weighted by atomic mass is 9.97. The van der Waals surface area contributed by atoms with Gasteiger partial charge >= 0.3 is 6.03 Å². The molecule has 8 heteroatoms. The molecule has 3 rings (SSSR count). The number of aromatic nitrogens is 1. The van der Waals surface area contributed by atoms with Crippen molar-refractivity contribution >= 4 is 34.1 Å². The minimum atomic E-state index is -0.0832. The summed E-state index contributed by atoms with van der Waals surface area (Å²) in [7, 11) is 1.62. The number of hydrogen-bond donors (Lipinski definition) is 3. The normalized spacial score (nSPS) is 14.7. The van der Waals surface area contributed by atoms with Gasteiger partial charge < -0.3 is 15.5 Å². The first-order valence-corrected chi connectivity index (χ1v) is 9.97. The smallest absolute Gasteiger partial charge is 0.323 e. The van der Waals surface area contributed by atoms with Crippen molar-refractivity contribution in [2.45, 2.75) is 19.8 Å². The van der Waals surface area contributed by atoms with Crippen molar-refractivity contribution in [1.29, 1.82) is 0 Å². The second kappa shape index (κ2) is 8.85. The molecule has 0 aliphatic carbocycles. The highest BCUT2D eigenvalue weighted by molar-refractivity contribution is 7.13. The topological polar surface area (TPSA) is 86.4 Å². The fourth-order valence-electron chi connectivity index (χ4n) is 3.07. The van der Waals surface area contributed by atoms with Crippen LogP contribution in [0.25, 0.3) is 0 Å². The molecule has 27 heavy (non-hydrogen) atoms. The van der Waals surface area contributed by atoms with E-state index in [1.807, 2.05) is 41.5 Å². The number of aryl methyl sites for hydroxylation is 1. The Kier molecular flexibility index (Phi) is 6.28. The summed E-state index contributed by atoms with van der Waals surface area (Å²) in [5.41, 5.74) is 2.57. The first-order valence-electron chi connectivity index (χ1n) is 9.09. The van der Waals surface area contributed by atoms with E-state index < -0.39 is 0 Å². The number of urea groups is 1. The highest BCUT2D eigenvalue weighted by Crippen LogP contribution is 2.21. The Morgan fingerprint density at radius 2 is 1.93 bits per heavy atom. The van der Waals surface area contributed by atoms with Crippen molar-refractivity contribution in [3.05, 3.63) is 40.9 Å². The molecule has 3 N–H and O–H groups in total. The summed E-state index contributed by atoms with van der Waals surface area (Å²) in [6, 6.07) is 7.40. The minimum absolute atomic E-state index is 0.0689. The summed E-state index contributed by atoms with van der Waals surface area (Å²) in [4.78, 5) is 30.0. The molecule has 144 valence electrons. The lowest BCUT2D eigenvalue weighted by molar-refractivity contribution is 0.0963. The Balaban J connectivity index is 1.41. The molecule has 2 aromatic rings. The molecule has 0 atom stereocenters. The average molecular weight is 388 g/mol. The lowest BCUT2D eigenvalue weighted by Gasteiger charge is -2.32. The maximum Gasteiger partial charge on any atom is 0.323 e. The fourth-order valence-corrected chi connectivity index (χ4v) is 3.75. The number of piperidine rings is 1. The number of carbonyl (C=O) groups excluding carboxylic acids is 2. The molecule has 0 bridgehead atoms. The van der Waals surface area contributed by atoms with Gasteiger partial charge in [-0.3, -0.25) is 10.1 Å². The van der Waals surface area contributed by atoms with Gasteiger partial charge in [0.2, 0.25) is 0 Å². The highest BCUT2D eigenvalue weighted by Gasteiger charge is 2.23. The Hall–Kier alpha value is -2.61. The van der Waals surface area contributed by atoms with Crippen molar-refractivity contribution in [1.82, 2.24) is 15.2 Å². The molecular formula is C19H25N5O2S. The number of amides is 3.